The summed E-state index contributed by atoms with van der Waals surface area (Å²) in [4.78, 5) is 10.4. The number of alkyl halides is 2. The Morgan fingerprint density at radius 2 is 2.14 bits per heavy atom. The largest absolute Gasteiger partial charge is 0.870 e. The maximum Gasteiger partial charge on any atom is 0.387 e. The number of hydrogen-bond donors (Lipinski definition) is 1. The molecule has 0 heterocycles. The van der Waals surface area contributed by atoms with Crippen molar-refractivity contribution in [2.75, 3.05) is 0 Å². The van der Waals surface area contributed by atoms with Crippen LogP contribution in [0.4, 0.5) is 8.78 Å². The van der Waals surface area contributed by atoms with Crippen molar-refractivity contribution in [1.82, 2.24) is 0 Å². The lowest BCUT2D eigenvalue weighted by Crippen LogP contribution is -2.06. The van der Waals surface area contributed by atoms with Crippen LogP contribution in [0, 0.1) is 0 Å². The highest BCUT2D eigenvalue weighted by molar-refractivity contribution is 5.88. The van der Waals surface area contributed by atoms with E-state index in [0.717, 1.165) is 18.2 Å². The van der Waals surface area contributed by atoms with Crippen molar-refractivity contribution < 1.29 is 28.5 Å². The van der Waals surface area contributed by atoms with E-state index >= 15 is 0 Å². The first-order chi connectivity index (χ1) is 6.50. The van der Waals surface area contributed by atoms with Gasteiger partial charge in [-0.15, -0.1) is 0 Å². The van der Waals surface area contributed by atoms with Crippen LogP contribution in [0.25, 0.3) is 0 Å². The van der Waals surface area contributed by atoms with Gasteiger partial charge in [0.15, 0.2) is 0 Å². The van der Waals surface area contributed by atoms with Gasteiger partial charge in [0, 0.05) is 0 Å². The molecule has 0 spiro atoms. The topological polar surface area (TPSA) is 69.6 Å². The van der Waals surface area contributed by atoms with Crippen molar-refractivity contribution in [2.45, 2.75) is 6.61 Å². The third kappa shape index (κ3) is 2.32. The molecule has 4 nitrogen and oxygen atoms in total. The molecule has 0 amide bonds. The van der Waals surface area contributed by atoms with Crippen LogP contribution in [-0.2, 0) is 0 Å². The molecular formula is C8H5F2O4-. The van der Waals surface area contributed by atoms with Crippen molar-refractivity contribution in [3.8, 4) is 11.5 Å². The Morgan fingerprint density at radius 1 is 1.50 bits per heavy atom. The van der Waals surface area contributed by atoms with Crippen molar-refractivity contribution >= 4 is 5.97 Å². The van der Waals surface area contributed by atoms with Gasteiger partial charge in [-0.25, -0.2) is 4.79 Å². The van der Waals surface area contributed by atoms with Gasteiger partial charge in [0.05, 0.1) is 5.56 Å². The van der Waals surface area contributed by atoms with Crippen molar-refractivity contribution in [3.05, 3.63) is 23.8 Å². The van der Waals surface area contributed by atoms with E-state index in [1.54, 1.807) is 0 Å². The van der Waals surface area contributed by atoms with Gasteiger partial charge in [-0.2, -0.15) is 8.78 Å². The van der Waals surface area contributed by atoms with E-state index in [9.17, 15) is 18.7 Å². The molecule has 0 aliphatic carbocycles. The zero-order valence-corrected chi connectivity index (χ0v) is 6.74. The first-order valence-corrected chi connectivity index (χ1v) is 3.50. The van der Waals surface area contributed by atoms with Crippen LogP contribution in [0.1, 0.15) is 10.4 Å². The lowest BCUT2D eigenvalue weighted by molar-refractivity contribution is -0.272. The highest BCUT2D eigenvalue weighted by Gasteiger charge is 2.08. The first kappa shape index (κ1) is 10.2. The average Bonchev–Trinajstić information content (AvgIpc) is 2.07. The number of carboxylic acids is 1. The summed E-state index contributed by atoms with van der Waals surface area (Å²) in [6.45, 7) is -3.15. The van der Waals surface area contributed by atoms with Crippen LogP contribution < -0.4 is 9.84 Å². The molecule has 0 radical (unpaired) electrons. The van der Waals surface area contributed by atoms with Gasteiger partial charge >= 0.3 is 12.6 Å². The molecule has 1 rings (SSSR count). The molecule has 1 aromatic carbocycles. The average molecular weight is 203 g/mol. The summed E-state index contributed by atoms with van der Waals surface area (Å²) in [5.41, 5.74) is -0.278. The summed E-state index contributed by atoms with van der Waals surface area (Å²) in [5.74, 6) is -2.76. The second kappa shape index (κ2) is 3.91. The summed E-state index contributed by atoms with van der Waals surface area (Å²) in [7, 11) is 0. The summed E-state index contributed by atoms with van der Waals surface area (Å²) in [6.07, 6.45) is 0. The number of rotatable bonds is 3. The number of halogens is 2. The minimum absolute atomic E-state index is 0.278. The molecule has 14 heavy (non-hydrogen) atoms. The van der Waals surface area contributed by atoms with Gasteiger partial charge in [-0.05, 0) is 12.1 Å². The zero-order valence-electron chi connectivity index (χ0n) is 6.74. The molecule has 1 aromatic rings. The Labute approximate surface area is 77.4 Å². The molecule has 0 aliphatic rings. The second-order valence-electron chi connectivity index (χ2n) is 2.35. The third-order valence-electron chi connectivity index (χ3n) is 1.41. The van der Waals surface area contributed by atoms with Crippen LogP contribution in [0.15, 0.2) is 18.2 Å². The fourth-order valence-corrected chi connectivity index (χ4v) is 0.829. The van der Waals surface area contributed by atoms with Crippen LogP contribution >= 0.6 is 0 Å². The van der Waals surface area contributed by atoms with Gasteiger partial charge in [-0.3, -0.25) is 0 Å². The van der Waals surface area contributed by atoms with Crippen molar-refractivity contribution in [3.63, 3.8) is 0 Å². The zero-order chi connectivity index (χ0) is 10.7. The lowest BCUT2D eigenvalue weighted by Gasteiger charge is -2.13. The predicted molar refractivity (Wildman–Crippen MR) is 39.5 cm³/mol. The number of carboxylic acid groups (broad SMARTS) is 1. The molecule has 0 unspecified atom stereocenters. The van der Waals surface area contributed by atoms with E-state index in [0.29, 0.717) is 0 Å². The Bertz CT molecular complexity index is 351. The minimum Gasteiger partial charge on any atom is -0.870 e. The Hall–Kier alpha value is -1.85. The summed E-state index contributed by atoms with van der Waals surface area (Å²) < 4.78 is 27.3. The fraction of sp³-hybridized carbons (Fsp3) is 0.125. The molecule has 1 N–H and O–H groups in total. The number of hydrogen-bond acceptors (Lipinski definition) is 3. The fourth-order valence-electron chi connectivity index (χ4n) is 0.829. The van der Waals surface area contributed by atoms with E-state index in [4.69, 9.17) is 5.11 Å². The Kier molecular flexibility index (Phi) is 2.85. The molecule has 0 aliphatic heterocycles. The van der Waals surface area contributed by atoms with Crippen molar-refractivity contribution in [1.29, 1.82) is 0 Å². The smallest absolute Gasteiger partial charge is 0.387 e. The molecule has 0 saturated carbocycles. The van der Waals surface area contributed by atoms with E-state index in [1.807, 2.05) is 0 Å². The molecular weight excluding hydrogens is 198 g/mol. The van der Waals surface area contributed by atoms with Crippen LogP contribution in [0.5, 0.6) is 11.5 Å². The highest BCUT2D eigenvalue weighted by Crippen LogP contribution is 2.25. The monoisotopic (exact) mass is 203 g/mol. The number of benzene rings is 1. The molecule has 0 saturated heterocycles. The van der Waals surface area contributed by atoms with Gasteiger partial charge in [0.1, 0.15) is 5.75 Å². The maximum atomic E-state index is 11.7. The summed E-state index contributed by atoms with van der Waals surface area (Å²) in [6, 6.07) is 2.64. The quantitative estimate of drug-likeness (QED) is 0.797. The molecule has 0 fully saturated rings. The third-order valence-corrected chi connectivity index (χ3v) is 1.41. The van der Waals surface area contributed by atoms with E-state index in [2.05, 4.69) is 4.74 Å². The minimum atomic E-state index is -3.15. The summed E-state index contributed by atoms with van der Waals surface area (Å²) in [5, 5.41) is 19.4. The molecule has 0 atom stereocenters. The normalized spacial score (nSPS) is 10.2. The highest BCUT2D eigenvalue weighted by atomic mass is 19.3. The van der Waals surface area contributed by atoms with E-state index < -0.39 is 24.1 Å². The molecule has 0 bridgehead atoms. The maximum absolute atomic E-state index is 11.7. The Morgan fingerprint density at radius 3 is 2.64 bits per heavy atom. The number of ether oxygens (including phenoxy) is 1. The predicted octanol–water partition coefficient (Wildman–Crippen LogP) is 1.06. The van der Waals surface area contributed by atoms with Crippen LogP contribution in [-0.4, -0.2) is 17.7 Å². The van der Waals surface area contributed by atoms with Gasteiger partial charge in [0.2, 0.25) is 0 Å². The van der Waals surface area contributed by atoms with E-state index in [1.165, 1.54) is 0 Å². The molecule has 0 aromatic heterocycles. The lowest BCUT2D eigenvalue weighted by atomic mass is 10.2. The van der Waals surface area contributed by atoms with E-state index in [-0.39, 0.29) is 5.56 Å². The number of carbonyl (C=O) groups is 1. The van der Waals surface area contributed by atoms with Gasteiger partial charge < -0.3 is 14.9 Å². The number of aromatic carboxylic acids is 1. The van der Waals surface area contributed by atoms with Crippen LogP contribution in [0.2, 0.25) is 0 Å². The first-order valence-electron chi connectivity index (χ1n) is 3.50. The van der Waals surface area contributed by atoms with Gasteiger partial charge in [-0.1, -0.05) is 11.8 Å². The standard InChI is InChI=1S/C8H6F2O4/c9-8(10)14-6-3-4(7(12)13)1-2-5(6)11/h1-3,8,11H,(H,12,13)/p-1. The van der Waals surface area contributed by atoms with Crippen molar-refractivity contribution in [2.24, 2.45) is 0 Å². The van der Waals surface area contributed by atoms with Crippen LogP contribution in [0.3, 0.4) is 0 Å². The SMILES string of the molecule is O=C(O)c1ccc([O-])c(OC(F)F)c1. The molecule has 76 valence electrons. The second-order valence-corrected chi connectivity index (χ2v) is 2.35. The molecule has 6 heteroatoms. The van der Waals surface area contributed by atoms with Gasteiger partial charge in [0.25, 0.3) is 0 Å². The Balaban J connectivity index is 3.02. The summed E-state index contributed by atoms with van der Waals surface area (Å²) >= 11 is 0.